The summed E-state index contributed by atoms with van der Waals surface area (Å²) < 4.78 is 18.6. The highest BCUT2D eigenvalue weighted by Gasteiger charge is 2.43. The monoisotopic (exact) mass is 435 g/mol. The first-order valence-electron chi connectivity index (χ1n) is 11.1. The molecule has 0 radical (unpaired) electrons. The molecule has 1 aromatic heterocycles. The third kappa shape index (κ3) is 4.94. The Morgan fingerprint density at radius 2 is 1.81 bits per heavy atom. The molecule has 4 rings (SSSR count). The van der Waals surface area contributed by atoms with Crippen LogP contribution in [0.4, 0.5) is 0 Å². The first-order valence-corrected chi connectivity index (χ1v) is 14.1. The molecule has 1 aliphatic rings. The topological polar surface area (TPSA) is 44.5 Å². The molecule has 2 unspecified atom stereocenters. The number of nitrogens with zero attached hydrogens (tertiary/aromatic N) is 1. The predicted molar refractivity (Wildman–Crippen MR) is 126 cm³/mol. The van der Waals surface area contributed by atoms with Gasteiger partial charge in [0.15, 0.2) is 8.32 Å². The lowest BCUT2D eigenvalue weighted by Crippen LogP contribution is -2.43. The highest BCUT2D eigenvalue weighted by Crippen LogP contribution is 2.44. The lowest BCUT2D eigenvalue weighted by molar-refractivity contribution is 0.0826. The Morgan fingerprint density at radius 3 is 2.48 bits per heavy atom. The molecule has 0 saturated carbocycles. The van der Waals surface area contributed by atoms with Crippen molar-refractivity contribution in [2.75, 3.05) is 0 Å². The van der Waals surface area contributed by atoms with Crippen LogP contribution in [0.15, 0.2) is 65.4 Å². The molecule has 0 saturated heterocycles. The van der Waals surface area contributed by atoms with Gasteiger partial charge < -0.3 is 13.6 Å². The Kier molecular flexibility index (Phi) is 6.08. The van der Waals surface area contributed by atoms with Gasteiger partial charge in [0.2, 0.25) is 5.89 Å². The van der Waals surface area contributed by atoms with E-state index in [1.807, 2.05) is 30.3 Å². The fourth-order valence-electron chi connectivity index (χ4n) is 3.92. The Bertz CT molecular complexity index is 993. The molecule has 0 N–H and O–H groups in total. The second-order valence-electron chi connectivity index (χ2n) is 10.0. The minimum Gasteiger partial charge on any atom is -0.457 e. The van der Waals surface area contributed by atoms with Crippen molar-refractivity contribution in [3.05, 3.63) is 78.0 Å². The molecule has 0 aliphatic heterocycles. The van der Waals surface area contributed by atoms with Crippen molar-refractivity contribution in [2.24, 2.45) is 5.92 Å². The quantitative estimate of drug-likeness (QED) is 0.380. The third-order valence-corrected chi connectivity index (χ3v) is 11.2. The molecule has 31 heavy (non-hydrogen) atoms. The summed E-state index contributed by atoms with van der Waals surface area (Å²) in [6, 6.07) is 16.4. The van der Waals surface area contributed by atoms with E-state index in [4.69, 9.17) is 13.6 Å². The second-order valence-corrected chi connectivity index (χ2v) is 14.8. The molecule has 1 heterocycles. The Morgan fingerprint density at radius 1 is 1.03 bits per heavy atom. The molecule has 0 fully saturated rings. The first kappa shape index (κ1) is 21.8. The predicted octanol–water partition coefficient (Wildman–Crippen LogP) is 7.33. The molecule has 0 amide bonds. The number of rotatable bonds is 6. The lowest BCUT2D eigenvalue weighted by Gasteiger charge is -2.41. The number of oxazole rings is 1. The minimum atomic E-state index is -1.97. The zero-order valence-electron chi connectivity index (χ0n) is 19.2. The zero-order valence-corrected chi connectivity index (χ0v) is 20.2. The van der Waals surface area contributed by atoms with E-state index >= 15 is 0 Å². The van der Waals surface area contributed by atoms with Crippen molar-refractivity contribution >= 4 is 8.32 Å². The van der Waals surface area contributed by atoms with Crippen molar-refractivity contribution in [1.82, 2.24) is 4.98 Å². The van der Waals surface area contributed by atoms with E-state index in [0.29, 0.717) is 11.8 Å². The molecule has 0 spiro atoms. The van der Waals surface area contributed by atoms with Gasteiger partial charge in [-0.3, -0.25) is 0 Å². The van der Waals surface area contributed by atoms with Gasteiger partial charge in [0.25, 0.3) is 0 Å². The van der Waals surface area contributed by atoms with Crippen LogP contribution in [0.1, 0.15) is 50.3 Å². The SMILES string of the molecule is CC(C)(C)[Si](C)(C)OC(c1ncco1)C1CCc2cc(Oc3ccccc3)ccc2C1. The van der Waals surface area contributed by atoms with Crippen LogP contribution in [-0.2, 0) is 17.3 Å². The van der Waals surface area contributed by atoms with Gasteiger partial charge in [-0.05, 0) is 78.7 Å². The fraction of sp³-hybridized carbons (Fsp3) is 0.423. The minimum absolute atomic E-state index is 0.107. The van der Waals surface area contributed by atoms with Gasteiger partial charge in [0, 0.05) is 0 Å². The van der Waals surface area contributed by atoms with Crippen LogP contribution >= 0.6 is 0 Å². The molecular formula is C26H33NO3Si. The largest absolute Gasteiger partial charge is 0.457 e. The number of aromatic nitrogens is 1. The second kappa shape index (κ2) is 8.64. The van der Waals surface area contributed by atoms with Crippen molar-refractivity contribution in [1.29, 1.82) is 0 Å². The maximum atomic E-state index is 6.86. The number of para-hydroxylation sites is 1. The highest BCUT2D eigenvalue weighted by atomic mass is 28.4. The normalized spacial score (nSPS) is 17.8. The van der Waals surface area contributed by atoms with Crippen LogP contribution in [-0.4, -0.2) is 13.3 Å². The van der Waals surface area contributed by atoms with Crippen LogP contribution < -0.4 is 4.74 Å². The van der Waals surface area contributed by atoms with Crippen molar-refractivity contribution < 1.29 is 13.6 Å². The van der Waals surface area contributed by atoms with Gasteiger partial charge in [-0.2, -0.15) is 0 Å². The van der Waals surface area contributed by atoms with Crippen molar-refractivity contribution in [2.45, 2.75) is 64.3 Å². The summed E-state index contributed by atoms with van der Waals surface area (Å²) in [5.41, 5.74) is 2.73. The molecule has 2 aromatic carbocycles. The number of hydrogen-bond acceptors (Lipinski definition) is 4. The Hall–Kier alpha value is -2.37. The van der Waals surface area contributed by atoms with Gasteiger partial charge in [-0.1, -0.05) is 45.0 Å². The van der Waals surface area contributed by atoms with E-state index < -0.39 is 8.32 Å². The fourth-order valence-corrected chi connectivity index (χ4v) is 5.21. The molecule has 3 aromatic rings. The summed E-state index contributed by atoms with van der Waals surface area (Å²) in [5.74, 6) is 2.82. The molecule has 2 atom stereocenters. The summed E-state index contributed by atoms with van der Waals surface area (Å²) in [6.45, 7) is 11.4. The van der Waals surface area contributed by atoms with E-state index in [1.54, 1.807) is 12.5 Å². The molecular weight excluding hydrogens is 402 g/mol. The summed E-state index contributed by atoms with van der Waals surface area (Å²) in [6.07, 6.45) is 6.28. The Labute approximate surface area is 186 Å². The molecule has 164 valence electrons. The van der Waals surface area contributed by atoms with E-state index in [1.165, 1.54) is 11.1 Å². The van der Waals surface area contributed by atoms with Crippen molar-refractivity contribution in [3.8, 4) is 11.5 Å². The maximum Gasteiger partial charge on any atom is 0.222 e. The third-order valence-electron chi connectivity index (χ3n) is 6.77. The Balaban J connectivity index is 1.54. The van der Waals surface area contributed by atoms with E-state index in [-0.39, 0.29) is 11.1 Å². The number of ether oxygens (including phenoxy) is 1. The van der Waals surface area contributed by atoms with Crippen LogP contribution in [0, 0.1) is 5.92 Å². The highest BCUT2D eigenvalue weighted by molar-refractivity contribution is 6.74. The van der Waals surface area contributed by atoms with Gasteiger partial charge in [0.1, 0.15) is 23.9 Å². The van der Waals surface area contributed by atoms with E-state index in [2.05, 4.69) is 57.0 Å². The molecule has 0 bridgehead atoms. The molecule has 1 aliphatic carbocycles. The van der Waals surface area contributed by atoms with Crippen LogP contribution in [0.3, 0.4) is 0 Å². The summed E-state index contributed by atoms with van der Waals surface area (Å²) in [4.78, 5) is 4.49. The average molecular weight is 436 g/mol. The average Bonchev–Trinajstić information content (AvgIpc) is 3.26. The van der Waals surface area contributed by atoms with E-state index in [0.717, 1.165) is 30.8 Å². The standard InChI is InChI=1S/C26H33NO3Si/c1-26(2,3)31(4,5)30-24(25-27-15-16-28-25)21-12-11-20-18-23(14-13-19(20)17-21)29-22-9-7-6-8-10-22/h6-10,13-16,18,21,24H,11-12,17H2,1-5H3. The number of fused-ring (bicyclic) bond motifs is 1. The number of aryl methyl sites for hydroxylation is 1. The van der Waals surface area contributed by atoms with Crippen molar-refractivity contribution in [3.63, 3.8) is 0 Å². The summed E-state index contributed by atoms with van der Waals surface area (Å²) >= 11 is 0. The van der Waals surface area contributed by atoms with E-state index in [9.17, 15) is 0 Å². The van der Waals surface area contributed by atoms with Gasteiger partial charge in [0.05, 0.1) is 6.20 Å². The molecule has 5 heteroatoms. The first-order chi connectivity index (χ1) is 14.7. The van der Waals surface area contributed by atoms with Crippen LogP contribution in [0.5, 0.6) is 11.5 Å². The summed E-state index contributed by atoms with van der Waals surface area (Å²) in [5, 5.41) is 0.133. The number of benzene rings is 2. The lowest BCUT2D eigenvalue weighted by atomic mass is 9.81. The maximum absolute atomic E-state index is 6.86. The smallest absolute Gasteiger partial charge is 0.222 e. The molecule has 4 nitrogen and oxygen atoms in total. The zero-order chi connectivity index (χ0) is 22.1. The van der Waals surface area contributed by atoms with Gasteiger partial charge in [-0.25, -0.2) is 4.98 Å². The van der Waals surface area contributed by atoms with Crippen LogP contribution in [0.2, 0.25) is 18.1 Å². The summed E-state index contributed by atoms with van der Waals surface area (Å²) in [7, 11) is -1.97. The van der Waals surface area contributed by atoms with Gasteiger partial charge in [-0.15, -0.1) is 0 Å². The number of hydrogen-bond donors (Lipinski definition) is 0. The van der Waals surface area contributed by atoms with Crippen LogP contribution in [0.25, 0.3) is 0 Å². The van der Waals surface area contributed by atoms with Gasteiger partial charge >= 0.3 is 0 Å².